The summed E-state index contributed by atoms with van der Waals surface area (Å²) in [5.41, 5.74) is 24.7. The summed E-state index contributed by atoms with van der Waals surface area (Å²) in [6.07, 6.45) is 0. The quantitative estimate of drug-likeness (QED) is 0.129. The number of rotatable bonds is 10. The highest BCUT2D eigenvalue weighted by Crippen LogP contribution is 2.43. The van der Waals surface area contributed by atoms with Crippen LogP contribution in [0, 0.1) is 0 Å². The molecule has 1 heterocycles. The first-order chi connectivity index (χ1) is 36.2. The van der Waals surface area contributed by atoms with Crippen molar-refractivity contribution in [2.75, 3.05) is 0 Å². The van der Waals surface area contributed by atoms with Gasteiger partial charge in [0.15, 0.2) is 0 Å². The lowest BCUT2D eigenvalue weighted by Crippen LogP contribution is -1.98. The number of fused-ring (bicyclic) bond motifs is 3. The Morgan fingerprint density at radius 1 is 0.164 bits per heavy atom. The molecule has 0 aliphatic rings. The third kappa shape index (κ3) is 8.54. The van der Waals surface area contributed by atoms with Gasteiger partial charge < -0.3 is 4.57 Å². The van der Waals surface area contributed by atoms with Gasteiger partial charge in [-0.15, -0.1) is 0 Å². The van der Waals surface area contributed by atoms with E-state index in [1.807, 2.05) is 0 Å². The maximum absolute atomic E-state index is 2.50. The number of hydrogen-bond acceptors (Lipinski definition) is 0. The van der Waals surface area contributed by atoms with Gasteiger partial charge >= 0.3 is 0 Å². The fourth-order valence-electron chi connectivity index (χ4n) is 10.7. The van der Waals surface area contributed by atoms with Crippen molar-refractivity contribution in [3.05, 3.63) is 297 Å². The second-order valence-corrected chi connectivity index (χ2v) is 18.9. The second-order valence-electron chi connectivity index (χ2n) is 18.9. The third-order valence-corrected chi connectivity index (χ3v) is 14.3. The van der Waals surface area contributed by atoms with Crippen LogP contribution in [-0.4, -0.2) is 4.57 Å². The zero-order valence-corrected chi connectivity index (χ0v) is 40.2. The van der Waals surface area contributed by atoms with Crippen molar-refractivity contribution in [2.24, 2.45) is 0 Å². The Morgan fingerprint density at radius 3 is 0.712 bits per heavy atom. The van der Waals surface area contributed by atoms with Crippen LogP contribution >= 0.6 is 0 Å². The SMILES string of the molecule is c1ccc(-c2cc(-c3ccccc3)cc(-c3ccc4c(c3)c3cc(-c5cc(-c6ccccc6)cc(-c6ccccc6)c5)ccc3n4-c3ccccc3-c3cc(-c4ccccc4)cc(-c4ccccc4)c3)c2)cc1. The fraction of sp³-hybridized carbons (Fsp3) is 0. The molecule has 0 radical (unpaired) electrons. The van der Waals surface area contributed by atoms with E-state index in [0.717, 1.165) is 27.8 Å². The number of aromatic nitrogens is 1. The molecule has 0 saturated heterocycles. The summed E-state index contributed by atoms with van der Waals surface area (Å²) in [6.45, 7) is 0. The van der Waals surface area contributed by atoms with Crippen LogP contribution in [0.5, 0.6) is 0 Å². The molecule has 0 aliphatic carbocycles. The van der Waals surface area contributed by atoms with E-state index in [4.69, 9.17) is 0 Å². The first-order valence-corrected chi connectivity index (χ1v) is 25.1. The van der Waals surface area contributed by atoms with Crippen molar-refractivity contribution in [1.29, 1.82) is 0 Å². The van der Waals surface area contributed by atoms with Gasteiger partial charge in [0.1, 0.15) is 0 Å². The van der Waals surface area contributed by atoms with Crippen LogP contribution in [0.15, 0.2) is 297 Å². The van der Waals surface area contributed by atoms with Gasteiger partial charge in [0.2, 0.25) is 0 Å². The predicted molar refractivity (Wildman–Crippen MR) is 310 cm³/mol. The lowest BCUT2D eigenvalue weighted by Gasteiger charge is -2.17. The molecular formula is C72H49N. The van der Waals surface area contributed by atoms with Crippen molar-refractivity contribution in [2.45, 2.75) is 0 Å². The summed E-state index contributed by atoms with van der Waals surface area (Å²) in [5.74, 6) is 0. The van der Waals surface area contributed by atoms with Gasteiger partial charge in [0, 0.05) is 16.3 Å². The lowest BCUT2D eigenvalue weighted by atomic mass is 9.92. The number of para-hydroxylation sites is 1. The summed E-state index contributed by atoms with van der Waals surface area (Å²) in [6, 6.07) is 109. The Morgan fingerprint density at radius 2 is 0.411 bits per heavy atom. The third-order valence-electron chi connectivity index (χ3n) is 14.3. The van der Waals surface area contributed by atoms with Crippen LogP contribution in [0.1, 0.15) is 0 Å². The van der Waals surface area contributed by atoms with Gasteiger partial charge in [-0.2, -0.15) is 0 Å². The molecule has 0 bridgehead atoms. The van der Waals surface area contributed by atoms with Gasteiger partial charge in [-0.05, 0) is 180 Å². The van der Waals surface area contributed by atoms with Gasteiger partial charge in [-0.25, -0.2) is 0 Å². The molecule has 0 amide bonds. The van der Waals surface area contributed by atoms with Crippen LogP contribution in [0.2, 0.25) is 0 Å². The van der Waals surface area contributed by atoms with Crippen LogP contribution < -0.4 is 0 Å². The van der Waals surface area contributed by atoms with E-state index >= 15 is 0 Å². The van der Waals surface area contributed by atoms with Gasteiger partial charge in [0.25, 0.3) is 0 Å². The Bertz CT molecular complexity index is 3730. The molecule has 0 atom stereocenters. The van der Waals surface area contributed by atoms with Crippen LogP contribution in [-0.2, 0) is 0 Å². The smallest absolute Gasteiger partial charge is 0.0541 e. The standard InChI is InChI=1S/C72H49N/c1-7-21-50(22-8-1)58-39-59(51-23-9-2-10-24-51)43-64(42-58)56-35-37-71-68(48-56)69-49-57(65-44-60(52-25-11-3-12-26-52)40-61(45-65)53-27-13-4-14-28-53)36-38-72(69)73(71)70-34-20-19-33-67(70)66-46-62(54-29-15-5-16-30-54)41-63(47-66)55-31-17-6-18-32-55/h1-49H. The number of benzene rings is 12. The average molecular weight is 928 g/mol. The minimum atomic E-state index is 1.13. The molecule has 0 fully saturated rings. The molecule has 342 valence electrons. The fourth-order valence-corrected chi connectivity index (χ4v) is 10.7. The molecule has 0 aliphatic heterocycles. The topological polar surface area (TPSA) is 4.93 Å². The molecule has 0 saturated carbocycles. The Hall–Kier alpha value is -9.56. The summed E-state index contributed by atoms with van der Waals surface area (Å²) >= 11 is 0. The van der Waals surface area contributed by atoms with E-state index in [1.54, 1.807) is 0 Å². The molecule has 0 unspecified atom stereocenters. The molecular weight excluding hydrogens is 879 g/mol. The van der Waals surface area contributed by atoms with Crippen molar-refractivity contribution >= 4 is 21.8 Å². The van der Waals surface area contributed by atoms with Crippen LogP contribution in [0.3, 0.4) is 0 Å². The molecule has 0 spiro atoms. The van der Waals surface area contributed by atoms with E-state index in [9.17, 15) is 0 Å². The Kier molecular flexibility index (Phi) is 11.3. The highest BCUT2D eigenvalue weighted by Gasteiger charge is 2.20. The zero-order chi connectivity index (χ0) is 48.5. The first-order valence-electron chi connectivity index (χ1n) is 25.1. The van der Waals surface area contributed by atoms with Crippen molar-refractivity contribution in [3.8, 4) is 106 Å². The minimum absolute atomic E-state index is 1.13. The lowest BCUT2D eigenvalue weighted by molar-refractivity contribution is 1.18. The van der Waals surface area contributed by atoms with E-state index in [-0.39, 0.29) is 0 Å². The van der Waals surface area contributed by atoms with Crippen molar-refractivity contribution in [1.82, 2.24) is 4.57 Å². The molecule has 12 aromatic carbocycles. The van der Waals surface area contributed by atoms with Crippen molar-refractivity contribution < 1.29 is 0 Å². The maximum atomic E-state index is 2.50. The zero-order valence-electron chi connectivity index (χ0n) is 40.2. The molecule has 13 aromatic rings. The van der Waals surface area contributed by atoms with E-state index in [1.165, 1.54) is 99.8 Å². The Balaban J connectivity index is 1.05. The molecule has 13 rings (SSSR count). The average Bonchev–Trinajstić information content (AvgIpc) is 3.81. The van der Waals surface area contributed by atoms with Gasteiger partial charge in [-0.1, -0.05) is 212 Å². The minimum Gasteiger partial charge on any atom is -0.309 e. The van der Waals surface area contributed by atoms with Crippen LogP contribution in [0.25, 0.3) is 128 Å². The summed E-state index contributed by atoms with van der Waals surface area (Å²) in [5, 5.41) is 2.39. The molecule has 0 N–H and O–H groups in total. The second kappa shape index (κ2) is 19.0. The maximum Gasteiger partial charge on any atom is 0.0541 e. The molecule has 73 heavy (non-hydrogen) atoms. The monoisotopic (exact) mass is 927 g/mol. The number of nitrogens with zero attached hydrogens (tertiary/aromatic N) is 1. The first kappa shape index (κ1) is 43.5. The van der Waals surface area contributed by atoms with Crippen molar-refractivity contribution in [3.63, 3.8) is 0 Å². The van der Waals surface area contributed by atoms with E-state index in [2.05, 4.69) is 302 Å². The molecule has 1 heteroatoms. The summed E-state index contributed by atoms with van der Waals surface area (Å²) < 4.78 is 2.50. The van der Waals surface area contributed by atoms with E-state index < -0.39 is 0 Å². The van der Waals surface area contributed by atoms with Gasteiger partial charge in [0.05, 0.1) is 16.7 Å². The summed E-state index contributed by atoms with van der Waals surface area (Å²) in [4.78, 5) is 0. The number of hydrogen-bond donors (Lipinski definition) is 0. The molecule has 1 nitrogen and oxygen atoms in total. The largest absolute Gasteiger partial charge is 0.309 e. The van der Waals surface area contributed by atoms with Crippen LogP contribution in [0.4, 0.5) is 0 Å². The highest BCUT2D eigenvalue weighted by molar-refractivity contribution is 6.12. The van der Waals surface area contributed by atoms with Gasteiger partial charge in [-0.3, -0.25) is 0 Å². The summed E-state index contributed by atoms with van der Waals surface area (Å²) in [7, 11) is 0. The van der Waals surface area contributed by atoms with E-state index in [0.29, 0.717) is 0 Å². The normalized spacial score (nSPS) is 11.3. The predicted octanol–water partition coefficient (Wildman–Crippen LogP) is 19.8. The highest BCUT2D eigenvalue weighted by atomic mass is 15.0. The Labute approximate surface area is 427 Å². The molecule has 1 aromatic heterocycles.